The fraction of sp³-hybridized carbons (Fsp3) is 0.667. The SMILES string of the molecule is CCCCCCCCCOc1ccc(C(C)O)cc1OC. The number of aliphatic hydroxyl groups is 1. The van der Waals surface area contributed by atoms with Crippen LogP contribution in [0.3, 0.4) is 0 Å². The quantitative estimate of drug-likeness (QED) is 0.591. The molecule has 1 aromatic rings. The molecule has 1 N–H and O–H groups in total. The molecule has 0 fully saturated rings. The summed E-state index contributed by atoms with van der Waals surface area (Å²) in [6.07, 6.45) is 8.43. The molecule has 3 nitrogen and oxygen atoms in total. The third-order valence-corrected chi connectivity index (χ3v) is 3.68. The van der Waals surface area contributed by atoms with Gasteiger partial charge in [-0.1, -0.05) is 51.5 Å². The third kappa shape index (κ3) is 6.85. The minimum Gasteiger partial charge on any atom is -0.493 e. The van der Waals surface area contributed by atoms with E-state index in [0.29, 0.717) is 5.75 Å². The number of aliphatic hydroxyl groups excluding tert-OH is 1. The van der Waals surface area contributed by atoms with Crippen molar-refractivity contribution in [2.45, 2.75) is 64.9 Å². The second-order valence-corrected chi connectivity index (χ2v) is 5.56. The number of ether oxygens (including phenoxy) is 2. The summed E-state index contributed by atoms with van der Waals surface area (Å²) in [6, 6.07) is 5.60. The largest absolute Gasteiger partial charge is 0.493 e. The van der Waals surface area contributed by atoms with Crippen molar-refractivity contribution in [1.82, 2.24) is 0 Å². The van der Waals surface area contributed by atoms with Crippen LogP contribution < -0.4 is 9.47 Å². The van der Waals surface area contributed by atoms with E-state index in [1.165, 1.54) is 38.5 Å². The summed E-state index contributed by atoms with van der Waals surface area (Å²) in [5.41, 5.74) is 0.843. The van der Waals surface area contributed by atoms with Crippen molar-refractivity contribution in [3.05, 3.63) is 23.8 Å². The van der Waals surface area contributed by atoms with E-state index in [9.17, 15) is 5.11 Å². The van der Waals surface area contributed by atoms with Gasteiger partial charge in [-0.15, -0.1) is 0 Å². The van der Waals surface area contributed by atoms with E-state index >= 15 is 0 Å². The molecule has 0 saturated heterocycles. The molecular formula is C18H30O3. The van der Waals surface area contributed by atoms with E-state index in [4.69, 9.17) is 9.47 Å². The topological polar surface area (TPSA) is 38.7 Å². The highest BCUT2D eigenvalue weighted by Crippen LogP contribution is 2.30. The van der Waals surface area contributed by atoms with Crippen molar-refractivity contribution in [2.75, 3.05) is 13.7 Å². The summed E-state index contributed by atoms with van der Waals surface area (Å²) in [5.74, 6) is 1.45. The number of benzene rings is 1. The zero-order chi connectivity index (χ0) is 15.5. The van der Waals surface area contributed by atoms with Crippen molar-refractivity contribution in [2.24, 2.45) is 0 Å². The molecule has 0 bridgehead atoms. The van der Waals surface area contributed by atoms with E-state index in [-0.39, 0.29) is 0 Å². The monoisotopic (exact) mass is 294 g/mol. The molecule has 120 valence electrons. The van der Waals surface area contributed by atoms with Gasteiger partial charge in [0.2, 0.25) is 0 Å². The highest BCUT2D eigenvalue weighted by molar-refractivity contribution is 5.43. The maximum atomic E-state index is 9.57. The van der Waals surface area contributed by atoms with Crippen LogP contribution in [0.25, 0.3) is 0 Å². The predicted octanol–water partition coefficient (Wildman–Crippen LogP) is 4.88. The van der Waals surface area contributed by atoms with Crippen molar-refractivity contribution < 1.29 is 14.6 Å². The van der Waals surface area contributed by atoms with E-state index in [0.717, 1.165) is 24.3 Å². The van der Waals surface area contributed by atoms with Gasteiger partial charge in [-0.2, -0.15) is 0 Å². The van der Waals surface area contributed by atoms with Gasteiger partial charge in [-0.05, 0) is 31.0 Å². The Labute approximate surface area is 129 Å². The Hall–Kier alpha value is -1.22. The molecule has 21 heavy (non-hydrogen) atoms. The van der Waals surface area contributed by atoms with Crippen molar-refractivity contribution >= 4 is 0 Å². The standard InChI is InChI=1S/C18H30O3/c1-4-5-6-7-8-9-10-13-21-17-12-11-16(15(2)19)14-18(17)20-3/h11-12,14-15,19H,4-10,13H2,1-3H3. The molecule has 0 spiro atoms. The van der Waals surface area contributed by atoms with Gasteiger partial charge in [-0.3, -0.25) is 0 Å². The van der Waals surface area contributed by atoms with Crippen LogP contribution in [-0.4, -0.2) is 18.8 Å². The Morgan fingerprint density at radius 1 is 1.00 bits per heavy atom. The Kier molecular flexibility index (Phi) is 8.91. The van der Waals surface area contributed by atoms with Crippen LogP contribution in [0.1, 0.15) is 70.5 Å². The van der Waals surface area contributed by atoms with Gasteiger partial charge in [0.25, 0.3) is 0 Å². The highest BCUT2D eigenvalue weighted by Gasteiger charge is 2.08. The molecular weight excluding hydrogens is 264 g/mol. The van der Waals surface area contributed by atoms with Crippen LogP contribution in [-0.2, 0) is 0 Å². The van der Waals surface area contributed by atoms with Gasteiger partial charge >= 0.3 is 0 Å². The summed E-state index contributed by atoms with van der Waals surface area (Å²) < 4.78 is 11.1. The maximum Gasteiger partial charge on any atom is 0.161 e. The number of hydrogen-bond acceptors (Lipinski definition) is 3. The van der Waals surface area contributed by atoms with E-state index in [1.807, 2.05) is 18.2 Å². The zero-order valence-corrected chi connectivity index (χ0v) is 13.7. The van der Waals surface area contributed by atoms with Crippen LogP contribution in [0.2, 0.25) is 0 Å². The third-order valence-electron chi connectivity index (χ3n) is 3.68. The lowest BCUT2D eigenvalue weighted by atomic mass is 10.1. The lowest BCUT2D eigenvalue weighted by molar-refractivity contribution is 0.198. The summed E-state index contributed by atoms with van der Waals surface area (Å²) in [5, 5.41) is 9.57. The Balaban J connectivity index is 2.28. The second kappa shape index (κ2) is 10.5. The average molecular weight is 294 g/mol. The zero-order valence-electron chi connectivity index (χ0n) is 13.7. The molecule has 3 heteroatoms. The van der Waals surface area contributed by atoms with Crippen molar-refractivity contribution in [3.8, 4) is 11.5 Å². The Morgan fingerprint density at radius 3 is 2.29 bits per heavy atom. The molecule has 0 aliphatic heterocycles. The van der Waals surface area contributed by atoms with Crippen molar-refractivity contribution in [3.63, 3.8) is 0 Å². The Morgan fingerprint density at radius 2 is 1.67 bits per heavy atom. The molecule has 1 aromatic carbocycles. The normalized spacial score (nSPS) is 12.2. The first kappa shape index (κ1) is 17.8. The molecule has 0 aliphatic rings. The van der Waals surface area contributed by atoms with Gasteiger partial charge in [0.1, 0.15) is 0 Å². The van der Waals surface area contributed by atoms with Gasteiger partial charge in [-0.25, -0.2) is 0 Å². The van der Waals surface area contributed by atoms with Crippen LogP contribution >= 0.6 is 0 Å². The first-order valence-electron chi connectivity index (χ1n) is 8.17. The van der Waals surface area contributed by atoms with Gasteiger partial charge in [0.05, 0.1) is 19.8 Å². The summed E-state index contributed by atoms with van der Waals surface area (Å²) in [7, 11) is 1.63. The van der Waals surface area contributed by atoms with Gasteiger partial charge in [0.15, 0.2) is 11.5 Å². The van der Waals surface area contributed by atoms with Crippen LogP contribution in [0.15, 0.2) is 18.2 Å². The second-order valence-electron chi connectivity index (χ2n) is 5.56. The molecule has 0 amide bonds. The van der Waals surface area contributed by atoms with E-state index < -0.39 is 6.10 Å². The molecule has 0 heterocycles. The lowest BCUT2D eigenvalue weighted by Gasteiger charge is -2.13. The van der Waals surface area contributed by atoms with Crippen LogP contribution in [0.4, 0.5) is 0 Å². The number of hydrogen-bond donors (Lipinski definition) is 1. The number of rotatable bonds is 11. The smallest absolute Gasteiger partial charge is 0.161 e. The molecule has 1 rings (SSSR count). The molecule has 0 aromatic heterocycles. The van der Waals surface area contributed by atoms with Crippen molar-refractivity contribution in [1.29, 1.82) is 0 Å². The van der Waals surface area contributed by atoms with E-state index in [2.05, 4.69) is 6.92 Å². The Bertz CT molecular complexity index is 388. The molecule has 0 aliphatic carbocycles. The maximum absolute atomic E-state index is 9.57. The summed E-state index contributed by atoms with van der Waals surface area (Å²) >= 11 is 0. The summed E-state index contributed by atoms with van der Waals surface area (Å²) in [6.45, 7) is 4.70. The predicted molar refractivity (Wildman–Crippen MR) is 87.1 cm³/mol. The fourth-order valence-corrected chi connectivity index (χ4v) is 2.30. The van der Waals surface area contributed by atoms with Crippen LogP contribution in [0, 0.1) is 0 Å². The molecule has 0 saturated carbocycles. The lowest BCUT2D eigenvalue weighted by Crippen LogP contribution is -2.01. The first-order chi connectivity index (χ1) is 10.2. The fourth-order valence-electron chi connectivity index (χ4n) is 2.30. The highest BCUT2D eigenvalue weighted by atomic mass is 16.5. The number of methoxy groups -OCH3 is 1. The van der Waals surface area contributed by atoms with E-state index in [1.54, 1.807) is 14.0 Å². The molecule has 0 radical (unpaired) electrons. The molecule has 1 unspecified atom stereocenters. The first-order valence-corrected chi connectivity index (χ1v) is 8.17. The number of unbranched alkanes of at least 4 members (excludes halogenated alkanes) is 6. The van der Waals surface area contributed by atoms with Gasteiger partial charge < -0.3 is 14.6 Å². The molecule has 1 atom stereocenters. The minimum absolute atomic E-state index is 0.490. The summed E-state index contributed by atoms with van der Waals surface area (Å²) in [4.78, 5) is 0. The van der Waals surface area contributed by atoms with Crippen LogP contribution in [0.5, 0.6) is 11.5 Å². The average Bonchev–Trinajstić information content (AvgIpc) is 2.49. The minimum atomic E-state index is -0.490. The van der Waals surface area contributed by atoms with Gasteiger partial charge in [0, 0.05) is 0 Å².